The van der Waals surface area contributed by atoms with Crippen molar-refractivity contribution < 1.29 is 0 Å². The van der Waals surface area contributed by atoms with Crippen LogP contribution in [0.25, 0.3) is 0 Å². The van der Waals surface area contributed by atoms with Gasteiger partial charge in [0.15, 0.2) is 0 Å². The predicted octanol–water partition coefficient (Wildman–Crippen LogP) is 5.12. The Morgan fingerprint density at radius 2 is 1.56 bits per heavy atom. The third kappa shape index (κ3) is 5.57. The van der Waals surface area contributed by atoms with Crippen molar-refractivity contribution in [3.8, 4) is 0 Å². The number of hydrogen-bond acceptors (Lipinski definition) is 1. The third-order valence-corrected chi connectivity index (χ3v) is 3.66. The maximum Gasteiger partial charge on any atom is 0.0346 e. The predicted molar refractivity (Wildman–Crippen MR) is 81.9 cm³/mol. The highest BCUT2D eigenvalue weighted by molar-refractivity contribution is 5.48. The molecule has 0 aliphatic carbocycles. The third-order valence-electron chi connectivity index (χ3n) is 3.66. The summed E-state index contributed by atoms with van der Waals surface area (Å²) < 4.78 is 0. The molecule has 1 heteroatoms. The molecule has 18 heavy (non-hydrogen) atoms. The van der Waals surface area contributed by atoms with Crippen molar-refractivity contribution in [3.05, 3.63) is 29.3 Å². The first-order chi connectivity index (χ1) is 8.77. The van der Waals surface area contributed by atoms with Crippen molar-refractivity contribution in [2.45, 2.75) is 71.6 Å². The summed E-state index contributed by atoms with van der Waals surface area (Å²) in [6, 6.07) is 6.54. The Morgan fingerprint density at radius 1 is 0.889 bits per heavy atom. The summed E-state index contributed by atoms with van der Waals surface area (Å²) in [4.78, 5) is 0. The minimum atomic E-state index is 0.945. The molecule has 0 radical (unpaired) electrons. The van der Waals surface area contributed by atoms with E-state index in [0.29, 0.717) is 0 Å². The average Bonchev–Trinajstić information content (AvgIpc) is 2.39. The first-order valence-corrected chi connectivity index (χ1v) is 7.65. The quantitative estimate of drug-likeness (QED) is 0.475. The van der Waals surface area contributed by atoms with E-state index in [0.717, 1.165) is 12.1 Å². The second kappa shape index (κ2) is 9.02. The smallest absolute Gasteiger partial charge is 0.0346 e. The van der Waals surface area contributed by atoms with Crippen molar-refractivity contribution in [3.63, 3.8) is 0 Å². The van der Waals surface area contributed by atoms with Gasteiger partial charge in [-0.3, -0.25) is 0 Å². The second-order valence-corrected chi connectivity index (χ2v) is 5.26. The van der Waals surface area contributed by atoms with Gasteiger partial charge in [0.2, 0.25) is 0 Å². The second-order valence-electron chi connectivity index (χ2n) is 5.26. The molecule has 0 fully saturated rings. The van der Waals surface area contributed by atoms with E-state index in [1.165, 1.54) is 62.5 Å². The fourth-order valence-electron chi connectivity index (χ4n) is 2.41. The minimum Gasteiger partial charge on any atom is -0.399 e. The zero-order valence-corrected chi connectivity index (χ0v) is 12.2. The number of hydrogen-bond donors (Lipinski definition) is 1. The highest BCUT2D eigenvalue weighted by Crippen LogP contribution is 2.17. The molecule has 0 unspecified atom stereocenters. The number of nitrogens with two attached hydrogens (primary N) is 1. The maximum absolute atomic E-state index is 5.92. The van der Waals surface area contributed by atoms with Crippen LogP contribution in [0.2, 0.25) is 0 Å². The van der Waals surface area contributed by atoms with E-state index in [1.807, 2.05) is 0 Å². The fraction of sp³-hybridized carbons (Fsp3) is 0.647. The molecule has 0 saturated carbocycles. The number of unbranched alkanes of at least 4 members (excludes halogenated alkanes) is 6. The van der Waals surface area contributed by atoms with Crippen LogP contribution in [-0.2, 0) is 12.8 Å². The van der Waals surface area contributed by atoms with Gasteiger partial charge in [-0.15, -0.1) is 0 Å². The molecule has 1 rings (SSSR count). The number of benzene rings is 1. The van der Waals surface area contributed by atoms with Gasteiger partial charge in [-0.2, -0.15) is 0 Å². The van der Waals surface area contributed by atoms with Gasteiger partial charge in [-0.1, -0.05) is 64.5 Å². The summed E-state index contributed by atoms with van der Waals surface area (Å²) in [5, 5.41) is 0. The molecule has 1 aromatic carbocycles. The van der Waals surface area contributed by atoms with E-state index < -0.39 is 0 Å². The van der Waals surface area contributed by atoms with Crippen LogP contribution in [0.3, 0.4) is 0 Å². The average molecular weight is 247 g/mol. The molecule has 0 atom stereocenters. The summed E-state index contributed by atoms with van der Waals surface area (Å²) in [6.07, 6.45) is 11.9. The van der Waals surface area contributed by atoms with Crippen molar-refractivity contribution >= 4 is 5.69 Å². The highest BCUT2D eigenvalue weighted by Gasteiger charge is 1.99. The minimum absolute atomic E-state index is 0.945. The number of anilines is 1. The topological polar surface area (TPSA) is 26.0 Å². The molecular formula is C17H29N. The lowest BCUT2D eigenvalue weighted by Gasteiger charge is -2.07. The Hall–Kier alpha value is -0.980. The van der Waals surface area contributed by atoms with E-state index >= 15 is 0 Å². The summed E-state index contributed by atoms with van der Waals surface area (Å²) in [5.74, 6) is 0. The van der Waals surface area contributed by atoms with E-state index in [1.54, 1.807) is 0 Å². The molecule has 0 aromatic heterocycles. The maximum atomic E-state index is 5.92. The lowest BCUT2D eigenvalue weighted by atomic mass is 10.0. The number of rotatable bonds is 9. The molecule has 0 amide bonds. The van der Waals surface area contributed by atoms with Gasteiger partial charge in [0.05, 0.1) is 0 Å². The van der Waals surface area contributed by atoms with Gasteiger partial charge in [0.1, 0.15) is 0 Å². The molecular weight excluding hydrogens is 218 g/mol. The van der Waals surface area contributed by atoms with Gasteiger partial charge in [-0.05, 0) is 36.5 Å². The zero-order chi connectivity index (χ0) is 13.2. The van der Waals surface area contributed by atoms with Gasteiger partial charge in [0, 0.05) is 5.69 Å². The summed E-state index contributed by atoms with van der Waals surface area (Å²) in [7, 11) is 0. The Morgan fingerprint density at radius 3 is 2.22 bits per heavy atom. The monoisotopic (exact) mass is 247 g/mol. The molecule has 0 aliphatic heterocycles. The van der Waals surface area contributed by atoms with Gasteiger partial charge in [0.25, 0.3) is 0 Å². The molecule has 102 valence electrons. The first kappa shape index (κ1) is 15.1. The van der Waals surface area contributed by atoms with E-state index in [9.17, 15) is 0 Å². The van der Waals surface area contributed by atoms with Crippen molar-refractivity contribution in [1.29, 1.82) is 0 Å². The van der Waals surface area contributed by atoms with Crippen LogP contribution in [0.4, 0.5) is 5.69 Å². The van der Waals surface area contributed by atoms with E-state index in [4.69, 9.17) is 5.73 Å². The number of nitrogen functional groups attached to an aromatic ring is 1. The normalized spacial score (nSPS) is 10.8. The number of aryl methyl sites for hydroxylation is 2. The van der Waals surface area contributed by atoms with Crippen molar-refractivity contribution in [2.75, 3.05) is 5.73 Å². The molecule has 0 aliphatic rings. The van der Waals surface area contributed by atoms with E-state index in [-0.39, 0.29) is 0 Å². The Labute approximate surface area is 113 Å². The largest absolute Gasteiger partial charge is 0.399 e. The highest BCUT2D eigenvalue weighted by atomic mass is 14.6. The Kier molecular flexibility index (Phi) is 7.55. The van der Waals surface area contributed by atoms with Crippen LogP contribution in [-0.4, -0.2) is 0 Å². The lowest BCUT2D eigenvalue weighted by Crippen LogP contribution is -1.95. The van der Waals surface area contributed by atoms with Crippen LogP contribution in [0.15, 0.2) is 18.2 Å². The molecule has 0 heterocycles. The Balaban J connectivity index is 2.19. The van der Waals surface area contributed by atoms with Crippen LogP contribution >= 0.6 is 0 Å². The summed E-state index contributed by atoms with van der Waals surface area (Å²) >= 11 is 0. The molecule has 2 N–H and O–H groups in total. The fourth-order valence-corrected chi connectivity index (χ4v) is 2.41. The lowest BCUT2D eigenvalue weighted by molar-refractivity contribution is 0.589. The molecule has 0 bridgehead atoms. The van der Waals surface area contributed by atoms with Crippen LogP contribution in [0.5, 0.6) is 0 Å². The molecule has 1 nitrogen and oxygen atoms in total. The van der Waals surface area contributed by atoms with Crippen LogP contribution in [0, 0.1) is 0 Å². The van der Waals surface area contributed by atoms with Crippen LogP contribution in [0.1, 0.15) is 69.9 Å². The molecule has 0 spiro atoms. The van der Waals surface area contributed by atoms with Gasteiger partial charge in [-0.25, -0.2) is 0 Å². The Bertz CT molecular complexity index is 330. The molecule has 0 saturated heterocycles. The summed E-state index contributed by atoms with van der Waals surface area (Å²) in [6.45, 7) is 4.44. The van der Waals surface area contributed by atoms with Crippen molar-refractivity contribution in [2.24, 2.45) is 0 Å². The molecule has 1 aromatic rings. The summed E-state index contributed by atoms with van der Waals surface area (Å²) in [5.41, 5.74) is 9.62. The van der Waals surface area contributed by atoms with Crippen molar-refractivity contribution in [1.82, 2.24) is 0 Å². The van der Waals surface area contributed by atoms with Gasteiger partial charge < -0.3 is 5.73 Å². The SMILES string of the molecule is CCCCCCCCCc1ccc(N)c(CC)c1. The first-order valence-electron chi connectivity index (χ1n) is 7.65. The van der Waals surface area contributed by atoms with Crippen LogP contribution < -0.4 is 5.73 Å². The standard InChI is InChI=1S/C17H29N/c1-3-5-6-7-8-9-10-11-15-12-13-17(18)16(4-2)14-15/h12-14H,3-11,18H2,1-2H3. The zero-order valence-electron chi connectivity index (χ0n) is 12.2. The van der Waals surface area contributed by atoms with Gasteiger partial charge >= 0.3 is 0 Å². The van der Waals surface area contributed by atoms with E-state index in [2.05, 4.69) is 32.0 Å².